The minimum atomic E-state index is -4.51. The zero-order valence-corrected chi connectivity index (χ0v) is 26.2. The quantitative estimate of drug-likeness (QED) is 0.121. The summed E-state index contributed by atoms with van der Waals surface area (Å²) >= 11 is 0. The van der Waals surface area contributed by atoms with E-state index in [2.05, 4.69) is 25.7 Å². The fourth-order valence-electron chi connectivity index (χ4n) is 5.19. The van der Waals surface area contributed by atoms with E-state index in [0.29, 0.717) is 54.8 Å². The van der Waals surface area contributed by atoms with Gasteiger partial charge in [-0.3, -0.25) is 9.69 Å². The summed E-state index contributed by atoms with van der Waals surface area (Å²) in [6.45, 7) is 8.28. The molecule has 0 radical (unpaired) electrons. The molecular weight excluding hydrogens is 594 g/mol. The van der Waals surface area contributed by atoms with Gasteiger partial charge in [0.05, 0.1) is 36.0 Å². The molecule has 0 bridgehead atoms. The SMILES string of the molecule is COCC(C)n1ccc(C(=O)NCc2nc(-c3cc4c(NCCCN(CCF)C(C)(C)C)cccc4n3CC(F)(F)F)no2)c1. The first-order valence-electron chi connectivity index (χ1n) is 14.8. The van der Waals surface area contributed by atoms with E-state index in [9.17, 15) is 22.4 Å². The van der Waals surface area contributed by atoms with E-state index in [1.165, 1.54) is 0 Å². The molecule has 10 nitrogen and oxygen atoms in total. The van der Waals surface area contributed by atoms with Crippen molar-refractivity contribution in [1.82, 2.24) is 29.5 Å². The number of halogens is 4. The van der Waals surface area contributed by atoms with E-state index in [4.69, 9.17) is 9.26 Å². The van der Waals surface area contributed by atoms with Gasteiger partial charge in [-0.15, -0.1) is 0 Å². The van der Waals surface area contributed by atoms with Gasteiger partial charge < -0.3 is 29.0 Å². The van der Waals surface area contributed by atoms with Gasteiger partial charge in [-0.05, 0) is 58.4 Å². The summed E-state index contributed by atoms with van der Waals surface area (Å²) in [4.78, 5) is 19.0. The van der Waals surface area contributed by atoms with Crippen LogP contribution in [0.1, 0.15) is 56.4 Å². The van der Waals surface area contributed by atoms with Gasteiger partial charge in [0.15, 0.2) is 0 Å². The van der Waals surface area contributed by atoms with Crippen LogP contribution in [0.15, 0.2) is 47.2 Å². The molecule has 4 rings (SSSR count). The number of aromatic nitrogens is 4. The molecule has 1 aromatic carbocycles. The molecule has 1 atom stereocenters. The second-order valence-corrected chi connectivity index (χ2v) is 11.9. The molecule has 0 fully saturated rings. The summed E-state index contributed by atoms with van der Waals surface area (Å²) in [6, 6.07) is 8.41. The van der Waals surface area contributed by atoms with Gasteiger partial charge in [-0.1, -0.05) is 11.2 Å². The second-order valence-electron chi connectivity index (χ2n) is 11.9. The van der Waals surface area contributed by atoms with Crippen LogP contribution in [0.3, 0.4) is 0 Å². The number of nitrogens with zero attached hydrogens (tertiary/aromatic N) is 5. The number of rotatable bonds is 15. The Bertz CT molecular complexity index is 1550. The summed E-state index contributed by atoms with van der Waals surface area (Å²) < 4.78 is 67.6. The molecule has 45 heavy (non-hydrogen) atoms. The molecule has 3 aromatic heterocycles. The lowest BCUT2D eigenvalue weighted by molar-refractivity contribution is -0.139. The number of ether oxygens (including phenoxy) is 1. The Morgan fingerprint density at radius 3 is 2.64 bits per heavy atom. The molecule has 4 aromatic rings. The monoisotopic (exact) mass is 635 g/mol. The number of carbonyl (C=O) groups excluding carboxylic acids is 1. The van der Waals surface area contributed by atoms with Crippen LogP contribution in [-0.4, -0.2) is 81.8 Å². The minimum Gasteiger partial charge on any atom is -0.384 e. The number of methoxy groups -OCH3 is 1. The molecule has 3 heterocycles. The number of nitrogens with one attached hydrogen (secondary N) is 2. The molecule has 1 amide bonds. The summed E-state index contributed by atoms with van der Waals surface area (Å²) in [5.74, 6) is -0.350. The van der Waals surface area contributed by atoms with Gasteiger partial charge in [0.1, 0.15) is 13.2 Å². The number of carbonyl (C=O) groups is 1. The third kappa shape index (κ3) is 8.85. The van der Waals surface area contributed by atoms with E-state index < -0.39 is 19.4 Å². The number of hydrogen-bond donors (Lipinski definition) is 2. The third-order valence-electron chi connectivity index (χ3n) is 7.50. The number of alkyl halides is 4. The van der Waals surface area contributed by atoms with Crippen LogP contribution in [0.5, 0.6) is 0 Å². The van der Waals surface area contributed by atoms with Crippen LogP contribution in [-0.2, 0) is 17.8 Å². The average molecular weight is 636 g/mol. The van der Waals surface area contributed by atoms with Crippen LogP contribution in [0, 0.1) is 0 Å². The van der Waals surface area contributed by atoms with Crippen molar-refractivity contribution in [2.24, 2.45) is 0 Å². The molecule has 2 N–H and O–H groups in total. The molecule has 246 valence electrons. The predicted octanol–water partition coefficient (Wildman–Crippen LogP) is 6.06. The van der Waals surface area contributed by atoms with E-state index in [1.54, 1.807) is 49.8 Å². The first kappa shape index (κ1) is 34.0. The average Bonchev–Trinajstić information content (AvgIpc) is 3.72. The fraction of sp³-hybridized carbons (Fsp3) is 0.516. The summed E-state index contributed by atoms with van der Waals surface area (Å²) in [7, 11) is 1.60. The van der Waals surface area contributed by atoms with Crippen LogP contribution in [0.2, 0.25) is 0 Å². The first-order chi connectivity index (χ1) is 21.3. The smallest absolute Gasteiger partial charge is 0.384 e. The standard InChI is InChI=1S/C31H41F4N7O3/c1-21(19-44-5)40-14-10-22(18-40)29(43)37-17-27-38-28(39-45-27)26-16-23-24(8-6-9-25(23)42(26)20-31(33,34)35)36-12-7-13-41(15-11-32)30(2,3)4/h6,8-10,14,16,18,21,36H,7,11-13,15,17,19-20H2,1-5H3,(H,37,43). The zero-order chi connectivity index (χ0) is 32.8. The predicted molar refractivity (Wildman–Crippen MR) is 164 cm³/mol. The Labute approximate surface area is 259 Å². The Hall–Kier alpha value is -3.91. The van der Waals surface area contributed by atoms with Crippen LogP contribution >= 0.6 is 0 Å². The Morgan fingerprint density at radius 2 is 1.96 bits per heavy atom. The number of benzene rings is 1. The number of fused-ring (bicyclic) bond motifs is 1. The highest BCUT2D eigenvalue weighted by molar-refractivity contribution is 5.96. The molecular formula is C31H41F4N7O3. The van der Waals surface area contributed by atoms with Crippen molar-refractivity contribution < 1.29 is 31.6 Å². The molecule has 14 heteroatoms. The summed E-state index contributed by atoms with van der Waals surface area (Å²) in [5, 5.41) is 10.5. The van der Waals surface area contributed by atoms with Crippen molar-refractivity contribution in [2.75, 3.05) is 45.3 Å². The van der Waals surface area contributed by atoms with Crippen LogP contribution in [0.4, 0.5) is 23.2 Å². The van der Waals surface area contributed by atoms with Crippen molar-refractivity contribution in [3.8, 4) is 11.5 Å². The Morgan fingerprint density at radius 1 is 1.18 bits per heavy atom. The van der Waals surface area contributed by atoms with Crippen LogP contribution in [0.25, 0.3) is 22.4 Å². The maximum Gasteiger partial charge on any atom is 0.406 e. The molecule has 0 saturated heterocycles. The zero-order valence-electron chi connectivity index (χ0n) is 26.2. The molecule has 0 spiro atoms. The molecule has 0 saturated carbocycles. The first-order valence-corrected chi connectivity index (χ1v) is 14.8. The highest BCUT2D eigenvalue weighted by Crippen LogP contribution is 2.34. The van der Waals surface area contributed by atoms with Crippen molar-refractivity contribution in [3.05, 3.63) is 54.2 Å². The van der Waals surface area contributed by atoms with Crippen molar-refractivity contribution in [3.63, 3.8) is 0 Å². The van der Waals surface area contributed by atoms with Gasteiger partial charge >= 0.3 is 6.18 Å². The van der Waals surface area contributed by atoms with E-state index in [0.717, 1.165) is 4.57 Å². The van der Waals surface area contributed by atoms with E-state index in [1.807, 2.05) is 32.3 Å². The number of anilines is 1. The Balaban J connectivity index is 1.50. The molecule has 0 aliphatic carbocycles. The van der Waals surface area contributed by atoms with Gasteiger partial charge in [0.25, 0.3) is 5.91 Å². The van der Waals surface area contributed by atoms with Gasteiger partial charge in [-0.25, -0.2) is 4.39 Å². The molecule has 0 aliphatic rings. The van der Waals surface area contributed by atoms with Gasteiger partial charge in [0.2, 0.25) is 11.7 Å². The minimum absolute atomic E-state index is 0.0303. The third-order valence-corrected chi connectivity index (χ3v) is 7.50. The fourth-order valence-corrected chi connectivity index (χ4v) is 5.19. The maximum absolute atomic E-state index is 13.7. The maximum atomic E-state index is 13.7. The Kier molecular flexibility index (Phi) is 10.9. The van der Waals surface area contributed by atoms with E-state index in [-0.39, 0.29) is 41.4 Å². The number of hydrogen-bond acceptors (Lipinski definition) is 7. The van der Waals surface area contributed by atoms with Crippen molar-refractivity contribution in [2.45, 2.75) is 65.0 Å². The summed E-state index contributed by atoms with van der Waals surface area (Å²) in [5.41, 5.74) is 1.38. The normalized spacial score (nSPS) is 13.1. The molecule has 1 unspecified atom stereocenters. The highest BCUT2D eigenvalue weighted by atomic mass is 19.4. The lowest BCUT2D eigenvalue weighted by Gasteiger charge is -2.35. The molecule has 0 aliphatic heterocycles. The topological polar surface area (TPSA) is 102 Å². The van der Waals surface area contributed by atoms with Crippen molar-refractivity contribution in [1.29, 1.82) is 0 Å². The number of amides is 1. The van der Waals surface area contributed by atoms with Crippen molar-refractivity contribution >= 4 is 22.5 Å². The van der Waals surface area contributed by atoms with Crippen LogP contribution < -0.4 is 10.6 Å². The summed E-state index contributed by atoms with van der Waals surface area (Å²) in [6.07, 6.45) is -0.321. The highest BCUT2D eigenvalue weighted by Gasteiger charge is 2.31. The largest absolute Gasteiger partial charge is 0.406 e. The van der Waals surface area contributed by atoms with E-state index >= 15 is 0 Å². The second kappa shape index (κ2) is 14.5. The van der Waals surface area contributed by atoms with Gasteiger partial charge in [-0.2, -0.15) is 18.2 Å². The lowest BCUT2D eigenvalue weighted by Crippen LogP contribution is -2.43. The van der Waals surface area contributed by atoms with Gasteiger partial charge in [0, 0.05) is 55.8 Å². The lowest BCUT2D eigenvalue weighted by atomic mass is 10.1.